The minimum Gasteiger partial charge on any atom is -0.264 e. The van der Waals surface area contributed by atoms with E-state index >= 15 is 0 Å². The zero-order valence-electron chi connectivity index (χ0n) is 86.2. The molecule has 0 spiro atoms. The molecule has 8 aliphatic carbocycles. The molecule has 0 aliphatic heterocycles. The van der Waals surface area contributed by atoms with Crippen LogP contribution in [0, 0.1) is 215 Å². The third kappa shape index (κ3) is 16.8. The Morgan fingerprint density at radius 1 is 0.156 bits per heavy atom. The van der Waals surface area contributed by atoms with Crippen molar-refractivity contribution in [3.05, 3.63) is 415 Å². The molecular weight excluding hydrogens is 1640 g/mol. The second kappa shape index (κ2) is 37.0. The molecule has 8 heteroatoms. The Morgan fingerprint density at radius 3 is 1.05 bits per heavy atom. The van der Waals surface area contributed by atoms with Gasteiger partial charge in [0.15, 0.2) is 0 Å². The van der Waals surface area contributed by atoms with Crippen molar-refractivity contribution in [2.45, 2.75) is 266 Å². The van der Waals surface area contributed by atoms with Gasteiger partial charge in [-0.3, -0.25) is 39.9 Å². The van der Waals surface area contributed by atoms with Crippen molar-refractivity contribution < 1.29 is 0 Å². The third-order valence-corrected chi connectivity index (χ3v) is 32.6. The molecular formula is C127H134N8. The quantitative estimate of drug-likeness (QED) is 0.148. The van der Waals surface area contributed by atoms with Crippen LogP contribution in [-0.2, 0) is 51.4 Å². The zero-order valence-corrected chi connectivity index (χ0v) is 86.2. The first-order valence-electron chi connectivity index (χ1n) is 48.6. The summed E-state index contributed by atoms with van der Waals surface area (Å²) in [6.45, 7) is 68.1. The summed E-state index contributed by atoms with van der Waals surface area (Å²) in [4.78, 5) is 35.0. The molecule has 0 atom stereocenters. The van der Waals surface area contributed by atoms with Crippen LogP contribution in [0.2, 0.25) is 0 Å². The Bertz CT molecular complexity index is 7640. The Morgan fingerprint density at radius 2 is 0.496 bits per heavy atom. The molecule has 8 heterocycles. The maximum Gasteiger partial charge on any atom is 0.0454 e. The molecule has 8 nitrogen and oxygen atoms in total. The Kier molecular flexibility index (Phi) is 25.7. The van der Waals surface area contributed by atoms with Gasteiger partial charge in [-0.2, -0.15) is 0 Å². The SMILES string of the molecule is Cc1c(C)c(C)c2c(c1C)Cc1ccncc1-2.Cc1cc(C)c2c(c1C)Cc1c(C)cncc1-2.Cc1cc(C)c2c(c1C)Cc1ccnc(C)c1-2.Cc1cc2c(c(C)c1C)Cc1c(C)cncc1-2.Cc1cc2c(c(C)c1C)Cc1ccnc(C)c1-2.Cc1cc2c(cn1)-c1c(C)cc(C)c(C)c1C2.Cc1cc2c(cn1)-c1cc(C)c(C)c(C)c1C2.Cc1ccc2c(c1C)Cc1c(C)cncc1-2. The summed E-state index contributed by atoms with van der Waals surface area (Å²) >= 11 is 0. The highest BCUT2D eigenvalue weighted by Gasteiger charge is 2.33. The van der Waals surface area contributed by atoms with E-state index in [4.69, 9.17) is 0 Å². The Labute approximate surface area is 804 Å². The number of nitrogens with zero attached hydrogens (tertiary/aromatic N) is 8. The van der Waals surface area contributed by atoms with Gasteiger partial charge < -0.3 is 0 Å². The molecule has 0 saturated heterocycles. The van der Waals surface area contributed by atoms with E-state index in [1.807, 2.05) is 74.4 Å². The minimum atomic E-state index is 1.07. The van der Waals surface area contributed by atoms with Crippen LogP contribution >= 0.6 is 0 Å². The molecule has 135 heavy (non-hydrogen) atoms. The van der Waals surface area contributed by atoms with E-state index in [-0.39, 0.29) is 0 Å². The number of benzene rings is 8. The van der Waals surface area contributed by atoms with Gasteiger partial charge in [0.25, 0.3) is 0 Å². The van der Waals surface area contributed by atoms with E-state index < -0.39 is 0 Å². The van der Waals surface area contributed by atoms with Crippen molar-refractivity contribution in [3.63, 3.8) is 0 Å². The van der Waals surface area contributed by atoms with E-state index in [0.29, 0.717) is 0 Å². The molecule has 0 unspecified atom stereocenters. The standard InChI is InChI=1S/7C16H17N.C15H15N/c1-9-5-15-14(12(4)11(9)3)6-13-10(2)7-17-8-16(13)15;1-9-5-15-14(12(4)11(9)3)7-13-6-10(2)17-8-16(13)15;1-9-5-10(2)16-14(12(9)4)6-13-11(3)7-17-8-15(13)16;1-9-5-10(2)16-14(12(9)4)7-13-6-11(3)17-8-15(13)16;1-9-10(2)12(4)16-14(11(9)3)7-13-5-6-17-8-15(13)16;1-9-7-15-14(11(3)10(9)2)8-13-5-6-17-12(4)16(13)15;1-9-7-10(2)15-14(11(9)3)8-13-5-6-17-12(4)16(13)15;1-9-4-5-12-14(11(9)3)6-13-10(2)7-16-8-15(12)13/h5,7-8H,6H2,1-4H3;5-6,8H,7H2,1-4H3;5,7-8H,6H2,1-4H3;2*5-6,8H,7H2,1-4H3;2*5-7H,8H2,1-4H3;4-5,7-8H,6H2,1-3H3. The van der Waals surface area contributed by atoms with Gasteiger partial charge in [0.2, 0.25) is 0 Å². The molecule has 0 N–H and O–H groups in total. The van der Waals surface area contributed by atoms with Crippen LogP contribution in [0.25, 0.3) is 89.0 Å². The highest BCUT2D eigenvalue weighted by atomic mass is 14.7. The summed E-state index contributed by atoms with van der Waals surface area (Å²) in [6.07, 6.45) is 32.4. The van der Waals surface area contributed by atoms with Gasteiger partial charge in [-0.15, -0.1) is 0 Å². The fourth-order valence-corrected chi connectivity index (χ4v) is 23.1. The minimum absolute atomic E-state index is 1.07. The highest BCUT2D eigenvalue weighted by molar-refractivity contribution is 5.88. The first-order valence-corrected chi connectivity index (χ1v) is 48.6. The predicted molar refractivity (Wildman–Crippen MR) is 567 cm³/mol. The molecule has 24 rings (SSSR count). The van der Waals surface area contributed by atoms with Crippen LogP contribution in [0.3, 0.4) is 0 Å². The van der Waals surface area contributed by atoms with Crippen molar-refractivity contribution in [1.82, 2.24) is 39.9 Å². The van der Waals surface area contributed by atoms with Crippen LogP contribution in [0.4, 0.5) is 0 Å². The van der Waals surface area contributed by atoms with Crippen molar-refractivity contribution in [3.8, 4) is 89.0 Å². The Balaban J connectivity index is 0.000000107. The average molecular weight is 1770 g/mol. The molecule has 682 valence electrons. The predicted octanol–water partition coefficient (Wildman–Crippen LogP) is 30.8. The summed E-state index contributed by atoms with van der Waals surface area (Å²) in [7, 11) is 0. The fraction of sp³-hybridized carbons (Fsp3) is 0.307. The maximum atomic E-state index is 4.44. The average Bonchev–Trinajstić information content (AvgIpc) is 1.61. The monoisotopic (exact) mass is 1770 g/mol. The molecule has 0 radical (unpaired) electrons. The number of aromatic nitrogens is 8. The van der Waals surface area contributed by atoms with E-state index in [9.17, 15) is 0 Å². The molecule has 16 aromatic rings. The lowest BCUT2D eigenvalue weighted by molar-refractivity contribution is 1.14. The number of aryl methyl sites for hydroxylation is 17. The number of hydrogen-bond acceptors (Lipinski definition) is 8. The molecule has 8 aliphatic rings. The van der Waals surface area contributed by atoms with Crippen LogP contribution < -0.4 is 0 Å². The van der Waals surface area contributed by atoms with Crippen LogP contribution in [-0.4, -0.2) is 39.9 Å². The summed E-state index contributed by atoms with van der Waals surface area (Å²) in [5, 5.41) is 0. The van der Waals surface area contributed by atoms with Crippen LogP contribution in [0.15, 0.2) is 153 Å². The lowest BCUT2D eigenvalue weighted by atomic mass is 9.89. The topological polar surface area (TPSA) is 103 Å². The van der Waals surface area contributed by atoms with Gasteiger partial charge >= 0.3 is 0 Å². The van der Waals surface area contributed by atoms with E-state index in [1.165, 1.54) is 328 Å². The van der Waals surface area contributed by atoms with Gasteiger partial charge in [0.1, 0.15) is 0 Å². The summed E-state index contributed by atoms with van der Waals surface area (Å²) in [6, 6.07) is 29.2. The van der Waals surface area contributed by atoms with E-state index in [1.54, 1.807) is 0 Å². The van der Waals surface area contributed by atoms with Gasteiger partial charge in [-0.1, -0.05) is 48.5 Å². The molecule has 8 aromatic heterocycles. The fourth-order valence-electron chi connectivity index (χ4n) is 23.1. The number of pyridine rings is 8. The van der Waals surface area contributed by atoms with Crippen molar-refractivity contribution in [2.75, 3.05) is 0 Å². The molecule has 0 bridgehead atoms. The second-order valence-corrected chi connectivity index (χ2v) is 40.5. The first-order chi connectivity index (χ1) is 64.3. The van der Waals surface area contributed by atoms with Gasteiger partial charge in [-0.25, -0.2) is 0 Å². The molecule has 0 amide bonds. The van der Waals surface area contributed by atoms with Crippen molar-refractivity contribution >= 4 is 0 Å². The first kappa shape index (κ1) is 93.8. The van der Waals surface area contributed by atoms with Crippen LogP contribution in [0.5, 0.6) is 0 Å². The number of hydrogen-bond donors (Lipinski definition) is 0. The number of fused-ring (bicyclic) bond motifs is 24. The summed E-state index contributed by atoms with van der Waals surface area (Å²) in [5.41, 5.74) is 88.2. The molecule has 0 saturated carbocycles. The highest BCUT2D eigenvalue weighted by Crippen LogP contribution is 2.50. The second-order valence-electron chi connectivity index (χ2n) is 40.5. The molecule has 8 aromatic carbocycles. The van der Waals surface area contributed by atoms with E-state index in [0.717, 1.165) is 74.1 Å². The largest absolute Gasteiger partial charge is 0.264 e. The Hall–Kier alpha value is -13.0. The van der Waals surface area contributed by atoms with Crippen LogP contribution in [0.1, 0.15) is 262 Å². The smallest absolute Gasteiger partial charge is 0.0454 e. The van der Waals surface area contributed by atoms with Gasteiger partial charge in [0.05, 0.1) is 0 Å². The maximum absolute atomic E-state index is 4.44. The lowest BCUT2D eigenvalue weighted by Gasteiger charge is -2.15. The summed E-state index contributed by atoms with van der Waals surface area (Å²) in [5.74, 6) is 0. The van der Waals surface area contributed by atoms with Crippen molar-refractivity contribution in [1.29, 1.82) is 0 Å². The van der Waals surface area contributed by atoms with Gasteiger partial charge in [-0.05, 0) is 580 Å². The van der Waals surface area contributed by atoms with Crippen molar-refractivity contribution in [2.24, 2.45) is 0 Å². The van der Waals surface area contributed by atoms with E-state index in [2.05, 4.69) is 333 Å². The zero-order chi connectivity index (χ0) is 96.4. The van der Waals surface area contributed by atoms with Gasteiger partial charge in [0, 0.05) is 142 Å². The normalized spacial score (nSPS) is 12.5. The molecule has 0 fully saturated rings. The summed E-state index contributed by atoms with van der Waals surface area (Å²) < 4.78 is 0. The third-order valence-electron chi connectivity index (χ3n) is 32.6. The lowest BCUT2D eigenvalue weighted by Crippen LogP contribution is -1.98. The number of rotatable bonds is 0.